The van der Waals surface area contributed by atoms with Gasteiger partial charge in [-0.1, -0.05) is 6.07 Å². The summed E-state index contributed by atoms with van der Waals surface area (Å²) in [7, 11) is 0. The minimum absolute atomic E-state index is 0.0324. The van der Waals surface area contributed by atoms with Crippen LogP contribution in [0.3, 0.4) is 0 Å². The molecule has 0 atom stereocenters. The first-order chi connectivity index (χ1) is 15.6. The van der Waals surface area contributed by atoms with Gasteiger partial charge in [0.25, 0.3) is 0 Å². The molecule has 0 aliphatic carbocycles. The molecule has 2 aliphatic heterocycles. The summed E-state index contributed by atoms with van der Waals surface area (Å²) in [6, 6.07) is 18.7. The number of nitrogens with one attached hydrogen (secondary N) is 2. The molecule has 0 spiro atoms. The first-order valence-electron chi connectivity index (χ1n) is 10.2. The van der Waals surface area contributed by atoms with Crippen molar-refractivity contribution in [2.45, 2.75) is 0 Å². The van der Waals surface area contributed by atoms with E-state index in [-0.39, 0.29) is 11.5 Å². The van der Waals surface area contributed by atoms with Gasteiger partial charge < -0.3 is 20.2 Å². The van der Waals surface area contributed by atoms with Crippen LogP contribution in [0.25, 0.3) is 57.5 Å². The maximum Gasteiger partial charge on any atom is 0.127 e. The summed E-state index contributed by atoms with van der Waals surface area (Å²) in [5.41, 5.74) is 7.42. The number of H-pyrrole nitrogens is 2. The molecule has 3 aromatic heterocycles. The third kappa shape index (κ3) is 3.15. The first-order valence-corrected chi connectivity index (χ1v) is 10.2. The average Bonchev–Trinajstić information content (AvgIpc) is 3.55. The number of hydrogen-bond donors (Lipinski definition) is 4. The average molecular weight is 418 g/mol. The second kappa shape index (κ2) is 6.99. The molecule has 0 saturated heterocycles. The van der Waals surface area contributed by atoms with Gasteiger partial charge in [0.05, 0.1) is 28.3 Å². The Morgan fingerprint density at radius 3 is 1.50 bits per heavy atom. The van der Waals surface area contributed by atoms with Crippen LogP contribution >= 0.6 is 0 Å². The minimum Gasteiger partial charge on any atom is -0.507 e. The molecule has 0 unspecified atom stereocenters. The summed E-state index contributed by atoms with van der Waals surface area (Å²) >= 11 is 0. The Bertz CT molecular complexity index is 1490. The lowest BCUT2D eigenvalue weighted by Crippen LogP contribution is -1.90. The molecular weight excluding hydrogens is 400 g/mol. The lowest BCUT2D eigenvalue weighted by Gasteiger charge is -2.09. The Kier molecular flexibility index (Phi) is 3.98. The van der Waals surface area contributed by atoms with E-state index < -0.39 is 0 Å². The van der Waals surface area contributed by atoms with Crippen molar-refractivity contribution in [2.75, 3.05) is 0 Å². The summed E-state index contributed by atoms with van der Waals surface area (Å²) in [6.07, 6.45) is 7.55. The Balaban J connectivity index is 1.75. The predicted molar refractivity (Wildman–Crippen MR) is 128 cm³/mol. The van der Waals surface area contributed by atoms with E-state index in [4.69, 9.17) is 9.97 Å². The Hall–Kier alpha value is -4.58. The minimum atomic E-state index is -0.0324. The molecule has 0 amide bonds. The quantitative estimate of drug-likeness (QED) is 0.274. The Morgan fingerprint density at radius 1 is 0.531 bits per heavy atom. The van der Waals surface area contributed by atoms with E-state index in [1.165, 1.54) is 0 Å². The zero-order valence-corrected chi connectivity index (χ0v) is 16.9. The van der Waals surface area contributed by atoms with Crippen LogP contribution in [-0.2, 0) is 0 Å². The molecule has 5 heterocycles. The number of phenolic OH excluding ortho intramolecular Hbond substituents is 2. The highest BCUT2D eigenvalue weighted by Gasteiger charge is 2.19. The topological polar surface area (TPSA) is 97.8 Å². The van der Waals surface area contributed by atoms with Crippen molar-refractivity contribution in [3.05, 3.63) is 83.4 Å². The highest BCUT2D eigenvalue weighted by molar-refractivity contribution is 5.92. The molecule has 6 nitrogen and oxygen atoms in total. The van der Waals surface area contributed by atoms with Gasteiger partial charge in [0.2, 0.25) is 0 Å². The number of benzene rings is 1. The predicted octanol–water partition coefficient (Wildman–Crippen LogP) is 5.73. The monoisotopic (exact) mass is 418 g/mol. The van der Waals surface area contributed by atoms with Gasteiger partial charge in [0.15, 0.2) is 0 Å². The van der Waals surface area contributed by atoms with Crippen LogP contribution in [0.15, 0.2) is 60.7 Å². The van der Waals surface area contributed by atoms with Gasteiger partial charge in [-0.25, -0.2) is 9.97 Å². The maximum absolute atomic E-state index is 10.6. The number of aromatic nitrogens is 4. The van der Waals surface area contributed by atoms with Crippen molar-refractivity contribution < 1.29 is 10.2 Å². The fourth-order valence-electron chi connectivity index (χ4n) is 4.05. The third-order valence-electron chi connectivity index (χ3n) is 5.49. The van der Waals surface area contributed by atoms with E-state index in [9.17, 15) is 10.2 Å². The Morgan fingerprint density at radius 2 is 1.00 bits per heavy atom. The number of rotatable bonds is 1. The standard InChI is InChI=1S/C26H18N4O2/c31-23-2-1-3-24(32)26(23)25-21-10-8-19(29-21)13-17-6-4-15(27-17)12-16-5-7-18(28-16)14-20-9-11-22(25)30-20/h1-14,27-28,31-32H. The van der Waals surface area contributed by atoms with Crippen LogP contribution in [0.4, 0.5) is 0 Å². The molecule has 4 aromatic rings. The number of hydrogen-bond acceptors (Lipinski definition) is 4. The molecule has 32 heavy (non-hydrogen) atoms. The van der Waals surface area contributed by atoms with Crippen molar-refractivity contribution in [1.82, 2.24) is 19.9 Å². The van der Waals surface area contributed by atoms with E-state index in [0.29, 0.717) is 22.5 Å². The van der Waals surface area contributed by atoms with Gasteiger partial charge in [-0.2, -0.15) is 0 Å². The third-order valence-corrected chi connectivity index (χ3v) is 5.49. The zero-order chi connectivity index (χ0) is 21.7. The second-order valence-electron chi connectivity index (χ2n) is 7.73. The van der Waals surface area contributed by atoms with Gasteiger partial charge >= 0.3 is 0 Å². The van der Waals surface area contributed by atoms with Crippen LogP contribution in [0.5, 0.6) is 11.5 Å². The van der Waals surface area contributed by atoms with Gasteiger partial charge in [-0.3, -0.25) is 0 Å². The highest BCUT2D eigenvalue weighted by Crippen LogP contribution is 2.41. The van der Waals surface area contributed by atoms with Gasteiger partial charge in [0, 0.05) is 27.6 Å². The molecule has 0 radical (unpaired) electrons. The summed E-state index contributed by atoms with van der Waals surface area (Å²) in [5.74, 6) is -0.0648. The number of fused-ring (bicyclic) bond motifs is 8. The summed E-state index contributed by atoms with van der Waals surface area (Å²) in [6.45, 7) is 0. The molecule has 154 valence electrons. The van der Waals surface area contributed by atoms with Crippen molar-refractivity contribution >= 4 is 46.4 Å². The van der Waals surface area contributed by atoms with Gasteiger partial charge in [-0.05, 0) is 78.9 Å². The molecule has 1 aromatic carbocycles. The fraction of sp³-hybridized carbons (Fsp3) is 0. The molecular formula is C26H18N4O2. The van der Waals surface area contributed by atoms with Crippen LogP contribution in [-0.4, -0.2) is 30.1 Å². The lowest BCUT2D eigenvalue weighted by molar-refractivity contribution is 0.454. The largest absolute Gasteiger partial charge is 0.507 e. The van der Waals surface area contributed by atoms with Crippen molar-refractivity contribution in [3.8, 4) is 22.6 Å². The van der Waals surface area contributed by atoms with Crippen LogP contribution in [0.1, 0.15) is 22.8 Å². The SMILES string of the molecule is Oc1cccc(O)c1-c1c2nc(cc3ccc(cc4ccc(cc5nc1C=C5)[nH]4)[nH]3)C=C2. The number of aromatic amines is 2. The van der Waals surface area contributed by atoms with Crippen molar-refractivity contribution in [2.24, 2.45) is 0 Å². The van der Waals surface area contributed by atoms with Crippen molar-refractivity contribution in [1.29, 1.82) is 0 Å². The molecule has 2 aliphatic rings. The first kappa shape index (κ1) is 18.2. The van der Waals surface area contributed by atoms with Crippen molar-refractivity contribution in [3.63, 3.8) is 0 Å². The highest BCUT2D eigenvalue weighted by atomic mass is 16.3. The smallest absolute Gasteiger partial charge is 0.127 e. The maximum atomic E-state index is 10.6. The fourth-order valence-corrected chi connectivity index (χ4v) is 4.05. The summed E-state index contributed by atoms with van der Waals surface area (Å²) in [5, 5.41) is 21.2. The van der Waals surface area contributed by atoms with E-state index in [2.05, 4.69) is 9.97 Å². The number of aromatic hydroxyl groups is 2. The van der Waals surface area contributed by atoms with E-state index in [1.807, 2.05) is 66.8 Å². The van der Waals surface area contributed by atoms with Crippen LogP contribution in [0.2, 0.25) is 0 Å². The van der Waals surface area contributed by atoms with Crippen LogP contribution in [0, 0.1) is 0 Å². The summed E-state index contributed by atoms with van der Waals surface area (Å²) < 4.78 is 0. The molecule has 6 rings (SSSR count). The van der Waals surface area contributed by atoms with Gasteiger partial charge in [0.1, 0.15) is 11.5 Å². The number of phenols is 2. The zero-order valence-electron chi connectivity index (χ0n) is 16.9. The van der Waals surface area contributed by atoms with E-state index in [0.717, 1.165) is 33.5 Å². The summed E-state index contributed by atoms with van der Waals surface area (Å²) in [4.78, 5) is 16.3. The van der Waals surface area contributed by atoms with E-state index >= 15 is 0 Å². The lowest BCUT2D eigenvalue weighted by atomic mass is 10.00. The number of nitrogens with zero attached hydrogens (tertiary/aromatic N) is 2. The second-order valence-corrected chi connectivity index (χ2v) is 7.73. The van der Waals surface area contributed by atoms with E-state index in [1.54, 1.807) is 18.2 Å². The molecule has 6 heteroatoms. The molecule has 0 fully saturated rings. The Labute approximate surface area is 182 Å². The molecule has 0 saturated carbocycles. The molecule has 8 bridgehead atoms. The normalized spacial score (nSPS) is 12.4. The van der Waals surface area contributed by atoms with Gasteiger partial charge in [-0.15, -0.1) is 0 Å². The van der Waals surface area contributed by atoms with Crippen LogP contribution < -0.4 is 0 Å². The molecule has 4 N–H and O–H groups in total.